The number of hydrogen-bond acceptors (Lipinski definition) is 9. The van der Waals surface area contributed by atoms with E-state index < -0.39 is 12.0 Å². The molecule has 208 valence electrons. The van der Waals surface area contributed by atoms with Gasteiger partial charge in [-0.05, 0) is 44.4 Å². The van der Waals surface area contributed by atoms with Crippen LogP contribution in [0.3, 0.4) is 0 Å². The molecule has 3 N–H and O–H groups in total. The number of hydrogen-bond donors (Lipinski definition) is 2. The summed E-state index contributed by atoms with van der Waals surface area (Å²) < 4.78 is 42.6. The first-order valence-corrected chi connectivity index (χ1v) is 14.1. The zero-order valence-electron chi connectivity index (χ0n) is 22.1. The lowest BCUT2D eigenvalue weighted by Crippen LogP contribution is -2.51. The first-order valence-electron chi connectivity index (χ1n) is 14.1. The van der Waals surface area contributed by atoms with Gasteiger partial charge in [0.15, 0.2) is 11.4 Å². The molecule has 2 bridgehead atoms. The molecule has 0 aliphatic carbocycles. The molecule has 0 saturated carbocycles. The zero-order valence-corrected chi connectivity index (χ0v) is 22.1. The number of nitrogen functional groups attached to an aromatic ring is 1. The van der Waals surface area contributed by atoms with Gasteiger partial charge >= 0.3 is 6.01 Å². The Balaban J connectivity index is 1.23. The summed E-state index contributed by atoms with van der Waals surface area (Å²) in [5.74, 6) is 0.187. The van der Waals surface area contributed by atoms with Crippen LogP contribution in [0, 0.1) is 5.82 Å². The molecule has 4 fully saturated rings. The molecule has 4 aliphatic heterocycles. The molecule has 11 heteroatoms. The van der Waals surface area contributed by atoms with E-state index in [1.807, 2.05) is 6.07 Å². The zero-order chi connectivity index (χ0) is 27.0. The minimum absolute atomic E-state index is 0.0278. The highest BCUT2D eigenvalue weighted by molar-refractivity contribution is 5.98. The lowest BCUT2D eigenvalue weighted by atomic mass is 9.95. The summed E-state index contributed by atoms with van der Waals surface area (Å²) >= 11 is 0. The van der Waals surface area contributed by atoms with E-state index >= 15 is 4.39 Å². The van der Waals surface area contributed by atoms with Crippen LogP contribution in [-0.4, -0.2) is 76.4 Å². The van der Waals surface area contributed by atoms with Gasteiger partial charge in [-0.25, -0.2) is 8.78 Å². The number of piperazine rings is 1. The maximum atomic E-state index is 16.5. The van der Waals surface area contributed by atoms with Gasteiger partial charge < -0.3 is 25.1 Å². The fourth-order valence-corrected chi connectivity index (χ4v) is 7.44. The molecule has 6 heterocycles. The Labute approximate surface area is 229 Å². The Kier molecular flexibility index (Phi) is 5.44. The molecular weight excluding hydrogens is 516 g/mol. The normalized spacial score (nSPS) is 28.1. The average molecular weight is 548 g/mol. The fraction of sp³-hybridized carbons (Fsp3) is 0.483. The number of rotatable bonds is 5. The summed E-state index contributed by atoms with van der Waals surface area (Å²) in [7, 11) is 0. The number of anilines is 2. The second-order valence-corrected chi connectivity index (χ2v) is 11.8. The van der Waals surface area contributed by atoms with Crippen LogP contribution in [0.5, 0.6) is 6.01 Å². The number of alkyl halides is 1. The van der Waals surface area contributed by atoms with E-state index in [-0.39, 0.29) is 29.7 Å². The van der Waals surface area contributed by atoms with E-state index in [4.69, 9.17) is 19.9 Å². The Morgan fingerprint density at radius 3 is 2.75 bits per heavy atom. The van der Waals surface area contributed by atoms with Crippen LogP contribution >= 0.6 is 0 Å². The van der Waals surface area contributed by atoms with Crippen molar-refractivity contribution >= 4 is 33.8 Å². The Morgan fingerprint density at radius 2 is 1.90 bits per heavy atom. The summed E-state index contributed by atoms with van der Waals surface area (Å²) in [6, 6.07) is 9.85. The van der Waals surface area contributed by atoms with Crippen molar-refractivity contribution in [2.75, 3.05) is 43.4 Å². The van der Waals surface area contributed by atoms with E-state index in [2.05, 4.69) is 25.1 Å². The maximum absolute atomic E-state index is 16.5. The second-order valence-electron chi connectivity index (χ2n) is 11.8. The SMILES string of the molecule is Nc1nc2c(-c3ccc4c(N5CC6CCC(C5)N6)nc(OC[C@@]56CCCN5C[C@H](F)C6)nc4c3F)cccc2o1. The van der Waals surface area contributed by atoms with Crippen molar-refractivity contribution in [2.45, 2.75) is 55.9 Å². The summed E-state index contributed by atoms with van der Waals surface area (Å²) in [5.41, 5.74) is 7.53. The first kappa shape index (κ1) is 24.2. The molecule has 4 atom stereocenters. The number of halogens is 2. The van der Waals surface area contributed by atoms with Crippen LogP contribution < -0.4 is 20.7 Å². The molecule has 0 radical (unpaired) electrons. The molecular formula is C29H31F2N7O2. The van der Waals surface area contributed by atoms with E-state index in [1.165, 1.54) is 0 Å². The van der Waals surface area contributed by atoms with Crippen molar-refractivity contribution in [1.82, 2.24) is 25.2 Å². The van der Waals surface area contributed by atoms with Gasteiger partial charge in [-0.3, -0.25) is 4.90 Å². The number of benzene rings is 2. The lowest BCUT2D eigenvalue weighted by molar-refractivity contribution is 0.107. The van der Waals surface area contributed by atoms with Crippen molar-refractivity contribution in [2.24, 2.45) is 0 Å². The lowest BCUT2D eigenvalue weighted by Gasteiger charge is -2.34. The third-order valence-corrected chi connectivity index (χ3v) is 9.24. The molecule has 4 aromatic rings. The summed E-state index contributed by atoms with van der Waals surface area (Å²) in [6.45, 7) is 3.15. The molecule has 0 spiro atoms. The monoisotopic (exact) mass is 547 g/mol. The molecule has 2 aromatic carbocycles. The van der Waals surface area contributed by atoms with Gasteiger partial charge in [-0.1, -0.05) is 18.2 Å². The number of nitrogens with zero attached hydrogens (tertiary/aromatic N) is 5. The van der Waals surface area contributed by atoms with E-state index in [0.717, 1.165) is 45.3 Å². The number of nitrogens with two attached hydrogens (primary N) is 1. The standard InChI is InChI=1S/C29H31F2N7O2/c30-16-11-29(9-2-10-38(29)12-16)15-39-28-35-25-21(26(36-28)37-13-17-5-6-18(14-37)33-17)8-7-19(23(25)31)20-3-1-4-22-24(20)34-27(32)40-22/h1,3-4,7-8,16-18,33H,2,5-6,9-15H2,(H2,32,34)/t16-,17?,18?,29+/m1/s1. The van der Waals surface area contributed by atoms with Gasteiger partial charge in [-0.15, -0.1) is 0 Å². The van der Waals surface area contributed by atoms with Gasteiger partial charge in [0.1, 0.15) is 29.6 Å². The minimum atomic E-state index is -0.860. The molecule has 40 heavy (non-hydrogen) atoms. The summed E-state index contributed by atoms with van der Waals surface area (Å²) in [4.78, 5) is 18.2. The van der Waals surface area contributed by atoms with Crippen LogP contribution in [0.4, 0.5) is 20.6 Å². The van der Waals surface area contributed by atoms with Gasteiger partial charge in [-0.2, -0.15) is 15.0 Å². The molecule has 8 rings (SSSR count). The van der Waals surface area contributed by atoms with Crippen LogP contribution in [0.1, 0.15) is 32.1 Å². The highest BCUT2D eigenvalue weighted by Gasteiger charge is 2.49. The molecule has 4 saturated heterocycles. The smallest absolute Gasteiger partial charge is 0.319 e. The summed E-state index contributed by atoms with van der Waals surface area (Å²) in [6.07, 6.45) is 3.69. The highest BCUT2D eigenvalue weighted by atomic mass is 19.1. The van der Waals surface area contributed by atoms with E-state index in [1.54, 1.807) is 24.3 Å². The van der Waals surface area contributed by atoms with E-state index in [9.17, 15) is 4.39 Å². The molecule has 4 aliphatic rings. The molecule has 2 unspecified atom stereocenters. The fourth-order valence-electron chi connectivity index (χ4n) is 7.44. The maximum Gasteiger partial charge on any atom is 0.319 e. The quantitative estimate of drug-likeness (QED) is 0.383. The topological polar surface area (TPSA) is 106 Å². The van der Waals surface area contributed by atoms with Crippen molar-refractivity contribution in [3.05, 3.63) is 36.1 Å². The highest BCUT2D eigenvalue weighted by Crippen LogP contribution is 2.41. The minimum Gasteiger partial charge on any atom is -0.461 e. The Hall–Kier alpha value is -3.57. The number of nitrogens with one attached hydrogen (secondary N) is 1. The van der Waals surface area contributed by atoms with Crippen LogP contribution in [-0.2, 0) is 0 Å². The first-order chi connectivity index (χ1) is 19.5. The largest absolute Gasteiger partial charge is 0.461 e. The van der Waals surface area contributed by atoms with Crippen molar-refractivity contribution in [3.63, 3.8) is 0 Å². The third-order valence-electron chi connectivity index (χ3n) is 9.24. The molecule has 9 nitrogen and oxygen atoms in total. The third kappa shape index (κ3) is 3.81. The molecule has 2 aromatic heterocycles. The van der Waals surface area contributed by atoms with Gasteiger partial charge in [0, 0.05) is 54.7 Å². The van der Waals surface area contributed by atoms with Gasteiger partial charge in [0.2, 0.25) is 0 Å². The van der Waals surface area contributed by atoms with E-state index in [0.29, 0.717) is 58.5 Å². The Morgan fingerprint density at radius 1 is 1.05 bits per heavy atom. The van der Waals surface area contributed by atoms with Crippen LogP contribution in [0.15, 0.2) is 34.7 Å². The van der Waals surface area contributed by atoms with Gasteiger partial charge in [0.25, 0.3) is 6.01 Å². The van der Waals surface area contributed by atoms with Crippen LogP contribution in [0.2, 0.25) is 0 Å². The number of para-hydroxylation sites is 1. The van der Waals surface area contributed by atoms with Crippen molar-refractivity contribution in [3.8, 4) is 17.1 Å². The number of fused-ring (bicyclic) bond motifs is 5. The number of oxazole rings is 1. The number of ether oxygens (including phenoxy) is 1. The second kappa shape index (κ2) is 8.97. The van der Waals surface area contributed by atoms with Crippen molar-refractivity contribution < 1.29 is 17.9 Å². The Bertz CT molecular complexity index is 1620. The number of aromatic nitrogens is 3. The summed E-state index contributed by atoms with van der Waals surface area (Å²) in [5, 5.41) is 4.28. The molecule has 0 amide bonds. The van der Waals surface area contributed by atoms with Crippen molar-refractivity contribution in [1.29, 1.82) is 0 Å². The average Bonchev–Trinajstić information content (AvgIpc) is 3.68. The van der Waals surface area contributed by atoms with Crippen LogP contribution in [0.25, 0.3) is 33.1 Å². The van der Waals surface area contributed by atoms with Gasteiger partial charge in [0.05, 0.1) is 5.54 Å². The predicted molar refractivity (Wildman–Crippen MR) is 148 cm³/mol. The predicted octanol–water partition coefficient (Wildman–Crippen LogP) is 4.06.